The van der Waals surface area contributed by atoms with Crippen LogP contribution in [0.5, 0.6) is 23.0 Å². The van der Waals surface area contributed by atoms with E-state index >= 15 is 8.78 Å². The normalized spacial score (nSPS) is 15.0. The topological polar surface area (TPSA) is 68.8 Å². The highest BCUT2D eigenvalue weighted by atomic mass is 19.1. The van der Waals surface area contributed by atoms with E-state index < -0.39 is 29.3 Å². The second-order valence-electron chi connectivity index (χ2n) is 35.3. The van der Waals surface area contributed by atoms with Crippen molar-refractivity contribution in [2.75, 3.05) is 0 Å². The summed E-state index contributed by atoms with van der Waals surface area (Å²) in [7, 11) is 0. The molecule has 0 radical (unpaired) electrons. The third-order valence-electron chi connectivity index (χ3n) is 19.5. The average Bonchev–Trinajstić information content (AvgIpc) is 1.61. The van der Waals surface area contributed by atoms with E-state index in [-0.39, 0.29) is 49.4 Å². The Labute approximate surface area is 553 Å². The van der Waals surface area contributed by atoms with Gasteiger partial charge in [0, 0.05) is 62.2 Å². The van der Waals surface area contributed by atoms with Crippen LogP contribution in [0.3, 0.4) is 0 Å². The monoisotopic (exact) mass is 1250 g/mol. The molecule has 0 aliphatic carbocycles. The van der Waals surface area contributed by atoms with Crippen molar-refractivity contribution in [3.63, 3.8) is 0 Å². The number of phenols is 2. The van der Waals surface area contributed by atoms with Gasteiger partial charge in [-0.15, -0.1) is 0 Å². The summed E-state index contributed by atoms with van der Waals surface area (Å²) in [5.41, 5.74) is 12.9. The molecule has 1 aliphatic rings. The molecule has 0 unspecified atom stereocenters. The number of phenolic OH excluding ortho intramolecular Hbond substituents is 2. The molecule has 93 heavy (non-hydrogen) atoms. The van der Waals surface area contributed by atoms with Crippen molar-refractivity contribution < 1.29 is 28.5 Å². The summed E-state index contributed by atoms with van der Waals surface area (Å²) in [6.07, 6.45) is 1.51. The van der Waals surface area contributed by atoms with Gasteiger partial charge in [0.2, 0.25) is 0 Å². The molecule has 0 fully saturated rings. The summed E-state index contributed by atoms with van der Waals surface area (Å²) < 4.78 is 51.3. The summed E-state index contributed by atoms with van der Waals surface area (Å²) in [5, 5.41) is 30.8. The predicted molar refractivity (Wildman–Crippen MR) is 388 cm³/mol. The van der Waals surface area contributed by atoms with Crippen LogP contribution in [-0.2, 0) is 38.9 Å². The van der Waals surface area contributed by atoms with Gasteiger partial charge in [0.25, 0.3) is 0 Å². The highest BCUT2D eigenvalue weighted by Crippen LogP contribution is 2.52. The molecule has 0 amide bonds. The molecule has 3 heterocycles. The Morgan fingerprint density at radius 2 is 0.796 bits per heavy atom. The quantitative estimate of drug-likeness (QED) is 0.128. The number of benzene rings is 8. The Morgan fingerprint density at radius 1 is 0.430 bits per heavy atom. The minimum absolute atomic E-state index is 0.0124. The van der Waals surface area contributed by atoms with Crippen molar-refractivity contribution in [2.24, 2.45) is 10.8 Å². The van der Waals surface area contributed by atoms with E-state index in [1.165, 1.54) is 40.5 Å². The van der Waals surface area contributed by atoms with Crippen molar-refractivity contribution in [1.29, 1.82) is 0 Å². The maximum atomic E-state index is 16.6. The van der Waals surface area contributed by atoms with Crippen LogP contribution in [0.25, 0.3) is 77.2 Å². The number of halogens is 2. The zero-order valence-corrected chi connectivity index (χ0v) is 60.0. The molecule has 2 aromatic heterocycles. The second-order valence-corrected chi connectivity index (χ2v) is 35.3. The maximum Gasteiger partial charge on any atom is 0.147 e. The van der Waals surface area contributed by atoms with Gasteiger partial charge in [-0.1, -0.05) is 201 Å². The molecule has 490 valence electrons. The number of hydrogen-bond acceptors (Lipinski definition) is 4. The average molecular weight is 1250 g/mol. The number of fused-ring (bicyclic) bond motifs is 7. The van der Waals surface area contributed by atoms with Crippen LogP contribution in [0.4, 0.5) is 8.78 Å². The second kappa shape index (κ2) is 22.8. The van der Waals surface area contributed by atoms with Gasteiger partial charge in [-0.05, 0) is 175 Å². The van der Waals surface area contributed by atoms with Crippen molar-refractivity contribution in [1.82, 2.24) is 9.13 Å². The smallest absolute Gasteiger partial charge is 0.147 e. The van der Waals surface area contributed by atoms with Crippen molar-refractivity contribution in [3.05, 3.63) is 178 Å². The van der Waals surface area contributed by atoms with Gasteiger partial charge < -0.3 is 28.8 Å². The van der Waals surface area contributed by atoms with Gasteiger partial charge in [-0.2, -0.15) is 0 Å². The number of rotatable bonds is 12. The minimum Gasteiger partial charge on any atom is -0.505 e. The van der Waals surface area contributed by atoms with Crippen LogP contribution in [0.15, 0.2) is 127 Å². The molecule has 0 saturated heterocycles. The van der Waals surface area contributed by atoms with Crippen LogP contribution in [0.1, 0.15) is 217 Å². The summed E-state index contributed by atoms with van der Waals surface area (Å²) in [6, 6.07) is 42.8. The van der Waals surface area contributed by atoms with Crippen molar-refractivity contribution >= 4 is 43.6 Å². The lowest BCUT2D eigenvalue weighted by Gasteiger charge is -2.34. The molecule has 1 aliphatic heterocycles. The molecule has 10 aromatic rings. The van der Waals surface area contributed by atoms with Gasteiger partial charge in [0.15, 0.2) is 0 Å². The molecule has 0 bridgehead atoms. The Bertz CT molecular complexity index is 4440. The molecule has 0 spiro atoms. The van der Waals surface area contributed by atoms with Crippen molar-refractivity contribution in [2.45, 2.75) is 230 Å². The van der Waals surface area contributed by atoms with Crippen LogP contribution in [-0.4, -0.2) is 31.6 Å². The summed E-state index contributed by atoms with van der Waals surface area (Å²) >= 11 is 0. The summed E-state index contributed by atoms with van der Waals surface area (Å²) in [4.78, 5) is 0. The zero-order valence-electron chi connectivity index (χ0n) is 60.0. The third-order valence-corrected chi connectivity index (χ3v) is 19.5. The summed E-state index contributed by atoms with van der Waals surface area (Å²) in [6.45, 7) is 51.2. The number of hydrogen-bond donors (Lipinski definition) is 2. The number of aromatic hydroxyl groups is 2. The largest absolute Gasteiger partial charge is 0.505 e. The summed E-state index contributed by atoms with van der Waals surface area (Å²) in [5.74, 6) is 0.0941. The Hall–Kier alpha value is -7.58. The molecular weight excluding hydrogens is 1150 g/mol. The molecule has 0 saturated carbocycles. The first-order chi connectivity index (χ1) is 42.9. The molecule has 11 rings (SSSR count). The molecule has 6 nitrogen and oxygen atoms in total. The van der Waals surface area contributed by atoms with Crippen LogP contribution < -0.4 is 9.47 Å². The van der Waals surface area contributed by atoms with E-state index in [2.05, 4.69) is 252 Å². The number of ether oxygens (including phenoxy) is 2. The van der Waals surface area contributed by atoms with E-state index in [4.69, 9.17) is 9.47 Å². The van der Waals surface area contributed by atoms with Crippen LogP contribution in [0.2, 0.25) is 0 Å². The van der Waals surface area contributed by atoms with Gasteiger partial charge >= 0.3 is 0 Å². The van der Waals surface area contributed by atoms with Gasteiger partial charge in [-0.3, -0.25) is 0 Å². The fourth-order valence-corrected chi connectivity index (χ4v) is 15.2. The van der Waals surface area contributed by atoms with E-state index in [9.17, 15) is 10.2 Å². The van der Waals surface area contributed by atoms with Gasteiger partial charge in [0.05, 0.1) is 39.5 Å². The fraction of sp³-hybridized carbons (Fsp3) is 0.435. The van der Waals surface area contributed by atoms with Gasteiger partial charge in [-0.25, -0.2) is 8.78 Å². The van der Waals surface area contributed by atoms with Crippen LogP contribution in [0, 0.1) is 22.5 Å². The lowest BCUT2D eigenvalue weighted by atomic mass is 9.71. The number of nitrogens with zero attached hydrogens (tertiary/aromatic N) is 2. The first-order valence-electron chi connectivity index (χ1n) is 33.8. The molecular formula is C85H102F2N2O4. The van der Waals surface area contributed by atoms with E-state index in [1.807, 2.05) is 13.0 Å². The highest BCUT2D eigenvalue weighted by Gasteiger charge is 2.36. The highest BCUT2D eigenvalue weighted by molar-refractivity contribution is 6.11. The van der Waals surface area contributed by atoms with Gasteiger partial charge in [0.1, 0.15) is 40.7 Å². The first-order valence-corrected chi connectivity index (χ1v) is 33.8. The Balaban J connectivity index is 1.02. The van der Waals surface area contributed by atoms with Crippen molar-refractivity contribution in [3.8, 4) is 56.6 Å². The van der Waals surface area contributed by atoms with E-state index in [0.29, 0.717) is 63.5 Å². The molecule has 8 aromatic carbocycles. The Kier molecular flexibility index (Phi) is 16.4. The molecule has 2 atom stereocenters. The lowest BCUT2D eigenvalue weighted by Crippen LogP contribution is -2.25. The fourth-order valence-electron chi connectivity index (χ4n) is 15.2. The number of aromatic nitrogens is 2. The zero-order chi connectivity index (χ0) is 68.0. The SMILES string of the molecule is C[C@H](C[C@H]1Cc2cc(F)cc(-c3cc(C(C)(C)CC(C)(C)C)cc(-n4c5cc(C(C)(C)C)ccc5c5ccc(C(C)(C)C)cc54)c3O)c2O1)Oc1ccc(F)cc1-c1cc(C(C)(C)CC(C)(C)C)cc(-n2c3cc(C(C)(C)C)ccc3c3ccc(C(C)(C)C)cc32)c1O. The minimum atomic E-state index is -0.499. The van der Waals surface area contributed by atoms with E-state index in [1.54, 1.807) is 12.1 Å². The molecule has 2 N–H and O–H groups in total. The standard InChI is InChI=1S/C85H102F2N2O4/c1-49(92-74-33-28-57(86)45-64(74)65-37-55(84(20,21)47-78(2,3)4)43-72(75(65)90)88-68-39-51(80(8,9)10)24-29-60(68)61-30-25-52(40-69(61)88)81(11,12)13)34-59-36-50-35-58(87)46-67(77(50)93-59)66-38-56(85(22,23)48-79(5,6)7)44-73(76(66)91)89-70-41-53(82(14,15)16)26-31-62(70)63-32-27-54(42-71(63)89)83(17,18)19/h24-33,35,37-46,49,59,90-91H,34,36,47-48H2,1-23H3/t49-,59+/m1/s1. The van der Waals surface area contributed by atoms with Crippen LogP contribution >= 0.6 is 0 Å². The third kappa shape index (κ3) is 13.1. The Morgan fingerprint density at radius 3 is 1.16 bits per heavy atom. The predicted octanol–water partition coefficient (Wildman–Crippen LogP) is 23.7. The molecule has 8 heteroatoms. The van der Waals surface area contributed by atoms with E-state index in [0.717, 1.165) is 67.6 Å². The first kappa shape index (κ1) is 66.9. The lowest BCUT2D eigenvalue weighted by molar-refractivity contribution is 0.135. The maximum absolute atomic E-state index is 16.6.